The summed E-state index contributed by atoms with van der Waals surface area (Å²) in [5, 5.41) is 8.51. The number of carboxylic acid groups (broad SMARTS) is 1. The lowest BCUT2D eigenvalue weighted by atomic mass is 10.2. The predicted octanol–water partition coefficient (Wildman–Crippen LogP) is 1.65. The Morgan fingerprint density at radius 2 is 2.36 bits per heavy atom. The van der Waals surface area contributed by atoms with E-state index in [-0.39, 0.29) is 6.42 Å². The summed E-state index contributed by atoms with van der Waals surface area (Å²) in [5.41, 5.74) is 1.52. The molecule has 0 spiro atoms. The van der Waals surface area contributed by atoms with E-state index < -0.39 is 5.97 Å². The molecular formula is C10H11NO2S. The molecular weight excluding hydrogens is 198 g/mol. The monoisotopic (exact) mass is 209 g/mol. The van der Waals surface area contributed by atoms with Gasteiger partial charge in [-0.05, 0) is 11.6 Å². The van der Waals surface area contributed by atoms with Gasteiger partial charge in [0, 0.05) is 11.9 Å². The van der Waals surface area contributed by atoms with Crippen LogP contribution < -0.4 is 0 Å². The van der Waals surface area contributed by atoms with Crippen LogP contribution in [0.25, 0.3) is 6.08 Å². The van der Waals surface area contributed by atoms with Crippen LogP contribution in [0.3, 0.4) is 0 Å². The second-order valence-electron chi connectivity index (χ2n) is 2.74. The second-order valence-corrected chi connectivity index (χ2v) is 3.10. The van der Waals surface area contributed by atoms with Crippen molar-refractivity contribution in [2.24, 2.45) is 0 Å². The maximum atomic E-state index is 10.4. The van der Waals surface area contributed by atoms with E-state index in [0.29, 0.717) is 11.4 Å². The molecule has 0 aliphatic rings. The molecule has 1 aromatic rings. The standard InChI is InChI=1S/C10H11NO2S/c12-10(13)6-9-4-3-8(7-11-9)2-1-5-14/h1-4,7,14H,5-6H2,(H,12,13). The van der Waals surface area contributed by atoms with Crippen LogP contribution in [0.15, 0.2) is 24.4 Å². The number of hydrogen-bond donors (Lipinski definition) is 2. The van der Waals surface area contributed by atoms with Crippen LogP contribution in [-0.2, 0) is 11.2 Å². The number of carbonyl (C=O) groups is 1. The lowest BCUT2D eigenvalue weighted by Crippen LogP contribution is -2.01. The molecule has 0 saturated carbocycles. The summed E-state index contributed by atoms with van der Waals surface area (Å²) in [6.45, 7) is 0. The van der Waals surface area contributed by atoms with Crippen LogP contribution in [0.5, 0.6) is 0 Å². The Morgan fingerprint density at radius 1 is 1.57 bits per heavy atom. The molecule has 1 N–H and O–H groups in total. The van der Waals surface area contributed by atoms with E-state index in [1.165, 1.54) is 0 Å². The molecule has 0 aromatic carbocycles. The number of aliphatic carboxylic acids is 1. The Morgan fingerprint density at radius 3 is 2.86 bits per heavy atom. The van der Waals surface area contributed by atoms with E-state index in [2.05, 4.69) is 17.6 Å². The second kappa shape index (κ2) is 5.44. The van der Waals surface area contributed by atoms with Crippen molar-refractivity contribution >= 4 is 24.7 Å². The normalized spacial score (nSPS) is 10.6. The first-order valence-corrected chi connectivity index (χ1v) is 4.79. The third kappa shape index (κ3) is 3.62. The van der Waals surface area contributed by atoms with Gasteiger partial charge in [0.15, 0.2) is 0 Å². The van der Waals surface area contributed by atoms with Crippen LogP contribution in [0.1, 0.15) is 11.3 Å². The Bertz CT molecular complexity index is 332. The largest absolute Gasteiger partial charge is 0.481 e. The van der Waals surface area contributed by atoms with Gasteiger partial charge in [-0.15, -0.1) is 0 Å². The highest BCUT2D eigenvalue weighted by Gasteiger charge is 2.00. The molecule has 74 valence electrons. The lowest BCUT2D eigenvalue weighted by molar-refractivity contribution is -0.136. The SMILES string of the molecule is O=C(O)Cc1ccc(C=CCS)cn1. The first-order valence-electron chi connectivity index (χ1n) is 4.16. The number of rotatable bonds is 4. The quantitative estimate of drug-likeness (QED) is 0.741. The Balaban J connectivity index is 2.68. The molecule has 0 atom stereocenters. The van der Waals surface area contributed by atoms with Crippen LogP contribution in [-0.4, -0.2) is 21.8 Å². The van der Waals surface area contributed by atoms with Crippen molar-refractivity contribution in [3.8, 4) is 0 Å². The van der Waals surface area contributed by atoms with Crippen molar-refractivity contribution in [1.29, 1.82) is 0 Å². The van der Waals surface area contributed by atoms with Crippen LogP contribution in [0.2, 0.25) is 0 Å². The van der Waals surface area contributed by atoms with Crippen molar-refractivity contribution in [3.05, 3.63) is 35.7 Å². The fraction of sp³-hybridized carbons (Fsp3) is 0.200. The molecule has 0 radical (unpaired) electrons. The van der Waals surface area contributed by atoms with Gasteiger partial charge in [-0.3, -0.25) is 9.78 Å². The van der Waals surface area contributed by atoms with Gasteiger partial charge >= 0.3 is 5.97 Å². The minimum Gasteiger partial charge on any atom is -0.481 e. The maximum Gasteiger partial charge on any atom is 0.309 e. The molecule has 0 aliphatic carbocycles. The summed E-state index contributed by atoms with van der Waals surface area (Å²) in [6.07, 6.45) is 5.41. The summed E-state index contributed by atoms with van der Waals surface area (Å²) in [5.74, 6) is -0.187. The third-order valence-electron chi connectivity index (χ3n) is 1.60. The smallest absolute Gasteiger partial charge is 0.309 e. The van der Waals surface area contributed by atoms with E-state index in [1.54, 1.807) is 12.3 Å². The average molecular weight is 209 g/mol. The zero-order valence-corrected chi connectivity index (χ0v) is 8.45. The number of nitrogens with zero attached hydrogens (tertiary/aromatic N) is 1. The molecule has 14 heavy (non-hydrogen) atoms. The molecule has 1 heterocycles. The van der Waals surface area contributed by atoms with E-state index in [1.807, 2.05) is 18.2 Å². The van der Waals surface area contributed by atoms with Gasteiger partial charge in [0.25, 0.3) is 0 Å². The number of carboxylic acids is 1. The Hall–Kier alpha value is -1.29. The van der Waals surface area contributed by atoms with Gasteiger partial charge in [-0.2, -0.15) is 12.6 Å². The zero-order chi connectivity index (χ0) is 10.4. The van der Waals surface area contributed by atoms with E-state index in [9.17, 15) is 4.79 Å². The molecule has 0 fully saturated rings. The predicted molar refractivity (Wildman–Crippen MR) is 58.5 cm³/mol. The first-order chi connectivity index (χ1) is 6.72. The molecule has 0 aliphatic heterocycles. The number of hydrogen-bond acceptors (Lipinski definition) is 3. The highest BCUT2D eigenvalue weighted by Crippen LogP contribution is 2.03. The molecule has 0 unspecified atom stereocenters. The fourth-order valence-corrected chi connectivity index (χ4v) is 1.09. The molecule has 1 rings (SSSR count). The Labute approximate surface area is 87.9 Å². The molecule has 3 nitrogen and oxygen atoms in total. The number of pyridine rings is 1. The van der Waals surface area contributed by atoms with Crippen molar-refractivity contribution in [3.63, 3.8) is 0 Å². The molecule has 0 saturated heterocycles. The molecule has 0 bridgehead atoms. The lowest BCUT2D eigenvalue weighted by Gasteiger charge is -1.96. The van der Waals surface area contributed by atoms with Crippen molar-refractivity contribution in [1.82, 2.24) is 4.98 Å². The molecule has 1 aromatic heterocycles. The molecule has 4 heteroatoms. The van der Waals surface area contributed by atoms with Crippen LogP contribution in [0.4, 0.5) is 0 Å². The average Bonchev–Trinajstić information content (AvgIpc) is 2.16. The fourth-order valence-electron chi connectivity index (χ4n) is 0.983. The minimum atomic E-state index is -0.865. The first kappa shape index (κ1) is 10.8. The summed E-state index contributed by atoms with van der Waals surface area (Å²) in [7, 11) is 0. The highest BCUT2D eigenvalue weighted by atomic mass is 32.1. The van der Waals surface area contributed by atoms with E-state index in [4.69, 9.17) is 5.11 Å². The summed E-state index contributed by atoms with van der Waals surface area (Å²) < 4.78 is 0. The van der Waals surface area contributed by atoms with E-state index >= 15 is 0 Å². The van der Waals surface area contributed by atoms with Crippen LogP contribution in [0, 0.1) is 0 Å². The van der Waals surface area contributed by atoms with Gasteiger partial charge in [0.05, 0.1) is 12.1 Å². The van der Waals surface area contributed by atoms with Crippen LogP contribution >= 0.6 is 12.6 Å². The van der Waals surface area contributed by atoms with Gasteiger partial charge in [-0.25, -0.2) is 0 Å². The van der Waals surface area contributed by atoms with Crippen molar-refractivity contribution < 1.29 is 9.90 Å². The summed E-state index contributed by atoms with van der Waals surface area (Å²) in [4.78, 5) is 14.4. The maximum absolute atomic E-state index is 10.4. The van der Waals surface area contributed by atoms with Gasteiger partial charge in [-0.1, -0.05) is 18.2 Å². The summed E-state index contributed by atoms with van der Waals surface area (Å²) >= 11 is 4.03. The highest BCUT2D eigenvalue weighted by molar-refractivity contribution is 7.80. The topological polar surface area (TPSA) is 50.2 Å². The van der Waals surface area contributed by atoms with Gasteiger partial charge in [0.2, 0.25) is 0 Å². The van der Waals surface area contributed by atoms with Crippen molar-refractivity contribution in [2.75, 3.05) is 5.75 Å². The van der Waals surface area contributed by atoms with Gasteiger partial charge in [0.1, 0.15) is 0 Å². The zero-order valence-electron chi connectivity index (χ0n) is 7.55. The molecule has 0 amide bonds. The Kier molecular flexibility index (Phi) is 4.19. The minimum absolute atomic E-state index is 0.0312. The summed E-state index contributed by atoms with van der Waals surface area (Å²) in [6, 6.07) is 3.55. The number of aromatic nitrogens is 1. The van der Waals surface area contributed by atoms with E-state index in [0.717, 1.165) is 5.56 Å². The number of thiol groups is 1. The van der Waals surface area contributed by atoms with Crippen molar-refractivity contribution in [2.45, 2.75) is 6.42 Å². The van der Waals surface area contributed by atoms with Gasteiger partial charge < -0.3 is 5.11 Å². The third-order valence-corrected chi connectivity index (χ3v) is 1.81.